The Hall–Kier alpha value is -3.39. The molecule has 0 radical (unpaired) electrons. The predicted octanol–water partition coefficient (Wildman–Crippen LogP) is 4.78. The average molecular weight is 446 g/mol. The highest BCUT2D eigenvalue weighted by atomic mass is 16.5. The van der Waals surface area contributed by atoms with Gasteiger partial charge in [0, 0.05) is 24.5 Å². The third kappa shape index (κ3) is 4.85. The molecule has 1 saturated heterocycles. The highest BCUT2D eigenvalue weighted by Gasteiger charge is 2.21. The first-order valence-electron chi connectivity index (χ1n) is 11.8. The van der Waals surface area contributed by atoms with Gasteiger partial charge in [-0.15, -0.1) is 0 Å². The summed E-state index contributed by atoms with van der Waals surface area (Å²) in [5.74, 6) is 2.61. The monoisotopic (exact) mass is 445 g/mol. The molecule has 33 heavy (non-hydrogen) atoms. The van der Waals surface area contributed by atoms with Crippen molar-refractivity contribution in [2.75, 3.05) is 41.8 Å². The van der Waals surface area contributed by atoms with Gasteiger partial charge in [-0.2, -0.15) is 15.0 Å². The van der Waals surface area contributed by atoms with Crippen molar-refractivity contribution in [3.63, 3.8) is 0 Å². The van der Waals surface area contributed by atoms with Crippen LogP contribution in [0.5, 0.6) is 0 Å². The van der Waals surface area contributed by atoms with E-state index in [4.69, 9.17) is 19.7 Å². The predicted molar refractivity (Wildman–Crippen MR) is 133 cm³/mol. The topological polar surface area (TPSA) is 91.0 Å². The molecule has 0 spiro atoms. The molecule has 3 N–H and O–H groups in total. The number of anilines is 4. The number of aromatic nitrogens is 4. The van der Waals surface area contributed by atoms with Crippen LogP contribution in [0.4, 0.5) is 23.4 Å². The minimum Gasteiger partial charge on any atom is -0.378 e. The standard InChI is InChI=1S/C25H31N7O/c1-3-17-7-5-9-19(15-17)26-24-28-21-22(29-24)30-25(27-20-10-6-8-18(4-2)16-20)31-23(21)32-11-13-33-14-12-32/h5-6,8-10,15-17H,3-4,7,11-14H2,1-2H3,(H3,26,27,28,29,30,31). The molecule has 1 aliphatic heterocycles. The van der Waals surface area contributed by atoms with E-state index in [2.05, 4.69) is 64.7 Å². The molecule has 2 aliphatic rings. The highest BCUT2D eigenvalue weighted by molar-refractivity contribution is 5.87. The van der Waals surface area contributed by atoms with Gasteiger partial charge in [-0.25, -0.2) is 0 Å². The van der Waals surface area contributed by atoms with Crippen LogP contribution in [0.15, 0.2) is 48.2 Å². The van der Waals surface area contributed by atoms with Crippen molar-refractivity contribution in [1.82, 2.24) is 19.9 Å². The lowest BCUT2D eigenvalue weighted by Crippen LogP contribution is -2.37. The summed E-state index contributed by atoms with van der Waals surface area (Å²) in [5, 5.41) is 6.80. The van der Waals surface area contributed by atoms with Gasteiger partial charge in [0.1, 0.15) is 5.52 Å². The van der Waals surface area contributed by atoms with E-state index >= 15 is 0 Å². The van der Waals surface area contributed by atoms with Crippen LogP contribution in [0, 0.1) is 5.92 Å². The van der Waals surface area contributed by atoms with Crippen LogP contribution in [0.2, 0.25) is 0 Å². The minimum atomic E-state index is 0.540. The molecule has 1 aromatic carbocycles. The summed E-state index contributed by atoms with van der Waals surface area (Å²) in [6, 6.07) is 8.34. The van der Waals surface area contributed by atoms with Crippen molar-refractivity contribution in [3.8, 4) is 0 Å². The maximum absolute atomic E-state index is 5.56. The molecule has 3 heterocycles. The summed E-state index contributed by atoms with van der Waals surface area (Å²) in [6.45, 7) is 7.30. The molecule has 0 saturated carbocycles. The van der Waals surface area contributed by atoms with Gasteiger partial charge in [-0.3, -0.25) is 0 Å². The normalized spacial score (nSPS) is 18.4. The first kappa shape index (κ1) is 21.5. The number of benzene rings is 1. The van der Waals surface area contributed by atoms with Crippen LogP contribution in [0.1, 0.15) is 32.3 Å². The van der Waals surface area contributed by atoms with Crippen molar-refractivity contribution in [2.45, 2.75) is 33.1 Å². The second kappa shape index (κ2) is 9.62. The number of imidazole rings is 1. The molecule has 1 aliphatic carbocycles. The summed E-state index contributed by atoms with van der Waals surface area (Å²) in [6.07, 6.45) is 9.78. The third-order valence-electron chi connectivity index (χ3n) is 6.17. The van der Waals surface area contributed by atoms with E-state index in [1.54, 1.807) is 0 Å². The van der Waals surface area contributed by atoms with Crippen LogP contribution in [0.25, 0.3) is 11.2 Å². The molecule has 172 valence electrons. The molecular weight excluding hydrogens is 414 g/mol. The van der Waals surface area contributed by atoms with Gasteiger partial charge in [0.15, 0.2) is 11.5 Å². The number of nitrogens with zero attached hydrogens (tertiary/aromatic N) is 4. The molecule has 1 atom stereocenters. The van der Waals surface area contributed by atoms with E-state index in [9.17, 15) is 0 Å². The second-order valence-electron chi connectivity index (χ2n) is 8.49. The van der Waals surface area contributed by atoms with E-state index in [1.165, 1.54) is 5.56 Å². The fraction of sp³-hybridized carbons (Fsp3) is 0.400. The van der Waals surface area contributed by atoms with Crippen molar-refractivity contribution in [3.05, 3.63) is 53.8 Å². The number of morpholine rings is 1. The van der Waals surface area contributed by atoms with Crippen LogP contribution in [0.3, 0.4) is 0 Å². The van der Waals surface area contributed by atoms with E-state index < -0.39 is 0 Å². The Balaban J connectivity index is 1.49. The van der Waals surface area contributed by atoms with Crippen LogP contribution in [-0.2, 0) is 11.2 Å². The second-order valence-corrected chi connectivity index (χ2v) is 8.49. The zero-order chi connectivity index (χ0) is 22.6. The lowest BCUT2D eigenvalue weighted by atomic mass is 9.97. The molecular formula is C25H31N7O. The zero-order valence-electron chi connectivity index (χ0n) is 19.3. The molecule has 3 aromatic rings. The summed E-state index contributed by atoms with van der Waals surface area (Å²) in [5.41, 5.74) is 4.76. The Bertz CT molecular complexity index is 1180. The van der Waals surface area contributed by atoms with Crippen LogP contribution in [-0.4, -0.2) is 46.2 Å². The minimum absolute atomic E-state index is 0.540. The molecule has 8 heteroatoms. The maximum Gasteiger partial charge on any atom is 0.231 e. The first-order valence-corrected chi connectivity index (χ1v) is 11.8. The number of allylic oxidation sites excluding steroid dienone is 3. The lowest BCUT2D eigenvalue weighted by Gasteiger charge is -2.28. The number of aromatic amines is 1. The smallest absolute Gasteiger partial charge is 0.231 e. The van der Waals surface area contributed by atoms with Crippen LogP contribution >= 0.6 is 0 Å². The van der Waals surface area contributed by atoms with Gasteiger partial charge in [0.25, 0.3) is 0 Å². The number of hydrogen-bond donors (Lipinski definition) is 3. The summed E-state index contributed by atoms with van der Waals surface area (Å²) in [7, 11) is 0. The number of aryl methyl sites for hydroxylation is 1. The number of ether oxygens (including phenoxy) is 1. The largest absolute Gasteiger partial charge is 0.378 e. The van der Waals surface area contributed by atoms with Gasteiger partial charge in [-0.1, -0.05) is 38.1 Å². The summed E-state index contributed by atoms with van der Waals surface area (Å²) >= 11 is 0. The van der Waals surface area contributed by atoms with Gasteiger partial charge < -0.3 is 25.3 Å². The Labute approximate surface area is 194 Å². The third-order valence-corrected chi connectivity index (χ3v) is 6.17. The van der Waals surface area contributed by atoms with Crippen LogP contribution < -0.4 is 15.5 Å². The van der Waals surface area contributed by atoms with Gasteiger partial charge in [-0.05, 0) is 49.0 Å². The Kier molecular flexibility index (Phi) is 6.26. The lowest BCUT2D eigenvalue weighted by molar-refractivity contribution is 0.122. The zero-order valence-corrected chi connectivity index (χ0v) is 19.3. The number of H-pyrrole nitrogens is 1. The molecule has 0 bridgehead atoms. The average Bonchev–Trinajstić information content (AvgIpc) is 3.26. The van der Waals surface area contributed by atoms with Crippen molar-refractivity contribution in [1.29, 1.82) is 0 Å². The van der Waals surface area contributed by atoms with Crippen molar-refractivity contribution >= 4 is 34.6 Å². The molecule has 1 unspecified atom stereocenters. The number of fused-ring (bicyclic) bond motifs is 1. The highest BCUT2D eigenvalue weighted by Crippen LogP contribution is 2.28. The van der Waals surface area contributed by atoms with E-state index in [1.807, 2.05) is 12.1 Å². The molecule has 5 rings (SSSR count). The summed E-state index contributed by atoms with van der Waals surface area (Å²) < 4.78 is 5.56. The fourth-order valence-electron chi connectivity index (χ4n) is 4.25. The number of rotatable bonds is 7. The fourth-order valence-corrected chi connectivity index (χ4v) is 4.25. The summed E-state index contributed by atoms with van der Waals surface area (Å²) in [4.78, 5) is 20.0. The molecule has 2 aromatic heterocycles. The quantitative estimate of drug-likeness (QED) is 0.482. The molecule has 8 nitrogen and oxygen atoms in total. The number of nitrogens with one attached hydrogen (secondary N) is 3. The van der Waals surface area contributed by atoms with Gasteiger partial charge >= 0.3 is 0 Å². The Morgan fingerprint density at radius 3 is 2.82 bits per heavy atom. The van der Waals surface area contributed by atoms with Gasteiger partial charge in [0.05, 0.1) is 13.2 Å². The van der Waals surface area contributed by atoms with Crippen molar-refractivity contribution in [2.24, 2.45) is 5.92 Å². The van der Waals surface area contributed by atoms with E-state index in [0.717, 1.165) is 55.1 Å². The maximum atomic E-state index is 5.56. The van der Waals surface area contributed by atoms with E-state index in [-0.39, 0.29) is 0 Å². The van der Waals surface area contributed by atoms with Gasteiger partial charge in [0.2, 0.25) is 11.9 Å². The molecule has 1 fully saturated rings. The Morgan fingerprint density at radius 2 is 2.00 bits per heavy atom. The Morgan fingerprint density at radius 1 is 1.12 bits per heavy atom. The van der Waals surface area contributed by atoms with E-state index in [0.29, 0.717) is 36.7 Å². The number of hydrogen-bond acceptors (Lipinski definition) is 7. The van der Waals surface area contributed by atoms with Crippen molar-refractivity contribution < 1.29 is 4.74 Å². The molecule has 0 amide bonds. The first-order chi connectivity index (χ1) is 16.2. The SMILES string of the molecule is CCc1cccc(Nc2nc(N3CCOCC3)c3[nH]c(NC4=CC(CC)CC=C4)nc3n2)c1.